The third kappa shape index (κ3) is 2.55. The van der Waals surface area contributed by atoms with Crippen LogP contribution in [0.5, 0.6) is 0 Å². The van der Waals surface area contributed by atoms with E-state index in [1.54, 1.807) is 13.8 Å². The number of carbonyl (C=O) groups is 2. The zero-order chi connectivity index (χ0) is 15.2. The van der Waals surface area contributed by atoms with Gasteiger partial charge in [0.2, 0.25) is 11.8 Å². The van der Waals surface area contributed by atoms with E-state index < -0.39 is 20.9 Å². The first kappa shape index (κ1) is 15.3. The maximum absolute atomic E-state index is 12.6. The molecule has 0 atom stereocenters. The molecule has 6 nitrogen and oxygen atoms in total. The number of hydrogen-bond donors (Lipinski definition) is 1. The smallest absolute Gasteiger partial charge is 0.248 e. The van der Waals surface area contributed by atoms with Gasteiger partial charge in [0, 0.05) is 12.8 Å². The summed E-state index contributed by atoms with van der Waals surface area (Å²) in [6.45, 7) is 3.40. The van der Waals surface area contributed by atoms with Gasteiger partial charge < -0.3 is 10.2 Å². The normalized spacial score (nSPS) is 25.1. The van der Waals surface area contributed by atoms with Crippen LogP contribution in [-0.2, 0) is 19.4 Å². The second-order valence-corrected chi connectivity index (χ2v) is 8.66. The molecule has 114 valence electrons. The molecule has 7 heteroatoms. The van der Waals surface area contributed by atoms with Gasteiger partial charge in [-0.2, -0.15) is 0 Å². The Hall–Kier alpha value is -1.11. The van der Waals surface area contributed by atoms with Crippen LogP contribution >= 0.6 is 0 Å². The van der Waals surface area contributed by atoms with Crippen LogP contribution in [-0.4, -0.2) is 54.8 Å². The monoisotopic (exact) mass is 302 g/mol. The van der Waals surface area contributed by atoms with E-state index in [1.807, 2.05) is 0 Å². The quantitative estimate of drug-likeness (QED) is 0.800. The molecule has 2 rings (SSSR count). The molecule has 2 amide bonds. The molecular formula is C13H22N2O4S. The predicted molar refractivity (Wildman–Crippen MR) is 74.8 cm³/mol. The van der Waals surface area contributed by atoms with Gasteiger partial charge in [-0.3, -0.25) is 9.59 Å². The maximum Gasteiger partial charge on any atom is 0.248 e. The Labute approximate surface area is 119 Å². The van der Waals surface area contributed by atoms with Gasteiger partial charge in [-0.15, -0.1) is 0 Å². The van der Waals surface area contributed by atoms with Gasteiger partial charge in [0.1, 0.15) is 20.9 Å². The molecule has 1 heterocycles. The first-order valence-electron chi connectivity index (χ1n) is 6.91. The highest BCUT2D eigenvalue weighted by molar-refractivity contribution is 7.90. The van der Waals surface area contributed by atoms with Crippen LogP contribution in [0.15, 0.2) is 0 Å². The highest BCUT2D eigenvalue weighted by Crippen LogP contribution is 2.39. The average Bonchev–Trinajstić information content (AvgIpc) is 2.75. The molecule has 0 aromatic rings. The number of nitrogens with one attached hydrogen (secondary N) is 1. The Morgan fingerprint density at radius 3 is 2.25 bits per heavy atom. The van der Waals surface area contributed by atoms with E-state index in [9.17, 15) is 18.0 Å². The molecule has 2 fully saturated rings. The maximum atomic E-state index is 12.6. The van der Waals surface area contributed by atoms with Crippen LogP contribution in [0, 0.1) is 0 Å². The number of piperazine rings is 1. The lowest BCUT2D eigenvalue weighted by atomic mass is 9.85. The van der Waals surface area contributed by atoms with Crippen LogP contribution in [0.25, 0.3) is 0 Å². The van der Waals surface area contributed by atoms with E-state index in [-0.39, 0.29) is 24.1 Å². The van der Waals surface area contributed by atoms with Crippen molar-refractivity contribution >= 4 is 21.7 Å². The van der Waals surface area contributed by atoms with Gasteiger partial charge in [0.25, 0.3) is 0 Å². The van der Waals surface area contributed by atoms with E-state index in [0.717, 1.165) is 19.1 Å². The van der Waals surface area contributed by atoms with Gasteiger partial charge in [-0.25, -0.2) is 8.42 Å². The number of sulfone groups is 1. The van der Waals surface area contributed by atoms with Crippen LogP contribution in [0.3, 0.4) is 0 Å². The van der Waals surface area contributed by atoms with E-state index in [2.05, 4.69) is 5.32 Å². The second kappa shape index (κ2) is 4.72. The van der Waals surface area contributed by atoms with Gasteiger partial charge in [0.05, 0.1) is 5.75 Å². The van der Waals surface area contributed by atoms with E-state index in [1.165, 1.54) is 4.90 Å². The summed E-state index contributed by atoms with van der Waals surface area (Å²) >= 11 is 0. The number of nitrogens with zero attached hydrogens (tertiary/aromatic N) is 1. The Balaban J connectivity index is 2.34. The molecule has 20 heavy (non-hydrogen) atoms. The second-order valence-electron chi connectivity index (χ2n) is 6.40. The molecule has 1 saturated carbocycles. The summed E-state index contributed by atoms with van der Waals surface area (Å²) in [5, 5.41) is 2.79. The molecule has 1 aliphatic carbocycles. The average molecular weight is 302 g/mol. The van der Waals surface area contributed by atoms with Crippen molar-refractivity contribution in [3.8, 4) is 0 Å². The van der Waals surface area contributed by atoms with Gasteiger partial charge in [0.15, 0.2) is 0 Å². The van der Waals surface area contributed by atoms with Gasteiger partial charge in [-0.05, 0) is 26.7 Å². The van der Waals surface area contributed by atoms with Crippen LogP contribution in [0.2, 0.25) is 0 Å². The molecule has 0 aromatic heterocycles. The molecule has 1 spiro atoms. The van der Waals surface area contributed by atoms with Crippen LogP contribution < -0.4 is 5.32 Å². The summed E-state index contributed by atoms with van der Waals surface area (Å²) in [5.41, 5.74) is -1.81. The molecule has 2 aliphatic rings. The Morgan fingerprint density at radius 1 is 1.20 bits per heavy atom. The Kier molecular flexibility index (Phi) is 3.60. The minimum atomic E-state index is -3.17. The van der Waals surface area contributed by atoms with E-state index >= 15 is 0 Å². The zero-order valence-electron chi connectivity index (χ0n) is 12.2. The first-order valence-corrected chi connectivity index (χ1v) is 8.97. The van der Waals surface area contributed by atoms with Crippen LogP contribution in [0.1, 0.15) is 39.5 Å². The fourth-order valence-corrected chi connectivity index (χ4v) is 3.65. The molecule has 1 N–H and O–H groups in total. The van der Waals surface area contributed by atoms with E-state index in [4.69, 9.17) is 0 Å². The SMILES string of the molecule is CC1(C)NC(=O)C2(CCCC2)N(CCS(C)(=O)=O)C1=O. The molecule has 1 aliphatic heterocycles. The van der Waals surface area contributed by atoms with Crippen molar-refractivity contribution in [2.75, 3.05) is 18.6 Å². The fraction of sp³-hybridized carbons (Fsp3) is 0.846. The predicted octanol–water partition coefficient (Wildman–Crippen LogP) is 0.0808. The van der Waals surface area contributed by atoms with Crippen molar-refractivity contribution in [2.45, 2.75) is 50.6 Å². The minimum absolute atomic E-state index is 0.0918. The summed E-state index contributed by atoms with van der Waals surface area (Å²) in [7, 11) is -3.17. The molecule has 1 saturated heterocycles. The summed E-state index contributed by atoms with van der Waals surface area (Å²) in [6, 6.07) is 0. The van der Waals surface area contributed by atoms with Crippen molar-refractivity contribution in [3.63, 3.8) is 0 Å². The molecular weight excluding hydrogens is 280 g/mol. The van der Waals surface area contributed by atoms with Crippen LogP contribution in [0.4, 0.5) is 0 Å². The minimum Gasteiger partial charge on any atom is -0.340 e. The topological polar surface area (TPSA) is 83.6 Å². The highest BCUT2D eigenvalue weighted by atomic mass is 32.2. The number of rotatable bonds is 3. The standard InChI is InChI=1S/C13H22N2O4S/c1-12(2)11(17)15(8-9-20(3,18)19)13(10(16)14-12)6-4-5-7-13/h4-9H2,1-3H3,(H,14,16). The summed E-state index contributed by atoms with van der Waals surface area (Å²) in [6.07, 6.45) is 4.15. The molecule has 0 aromatic carbocycles. The fourth-order valence-electron chi connectivity index (χ4n) is 3.14. The van der Waals surface area contributed by atoms with Crippen molar-refractivity contribution in [1.82, 2.24) is 10.2 Å². The lowest BCUT2D eigenvalue weighted by molar-refractivity contribution is -0.161. The molecule has 0 bridgehead atoms. The third-order valence-corrected chi connectivity index (χ3v) is 5.19. The molecule has 0 unspecified atom stereocenters. The van der Waals surface area contributed by atoms with E-state index in [0.29, 0.717) is 12.8 Å². The Morgan fingerprint density at radius 2 is 1.75 bits per heavy atom. The summed E-state index contributed by atoms with van der Waals surface area (Å²) < 4.78 is 22.8. The summed E-state index contributed by atoms with van der Waals surface area (Å²) in [4.78, 5) is 26.6. The molecule has 0 radical (unpaired) electrons. The zero-order valence-corrected chi connectivity index (χ0v) is 13.0. The van der Waals surface area contributed by atoms with Crippen molar-refractivity contribution in [2.24, 2.45) is 0 Å². The van der Waals surface area contributed by atoms with Crippen molar-refractivity contribution in [1.29, 1.82) is 0 Å². The lowest BCUT2D eigenvalue weighted by Gasteiger charge is -2.49. The van der Waals surface area contributed by atoms with Gasteiger partial charge >= 0.3 is 0 Å². The number of hydrogen-bond acceptors (Lipinski definition) is 4. The van der Waals surface area contributed by atoms with Crippen molar-refractivity contribution in [3.05, 3.63) is 0 Å². The first-order chi connectivity index (χ1) is 9.08. The summed E-state index contributed by atoms with van der Waals surface area (Å²) in [5.74, 6) is -0.445. The third-order valence-electron chi connectivity index (χ3n) is 4.26. The number of amides is 2. The number of carbonyl (C=O) groups excluding carboxylic acids is 2. The lowest BCUT2D eigenvalue weighted by Crippen LogP contribution is -2.73. The highest BCUT2D eigenvalue weighted by Gasteiger charge is 2.56. The Bertz CT molecular complexity index is 533. The largest absolute Gasteiger partial charge is 0.340 e. The van der Waals surface area contributed by atoms with Crippen molar-refractivity contribution < 1.29 is 18.0 Å². The van der Waals surface area contributed by atoms with Gasteiger partial charge in [-0.1, -0.05) is 12.8 Å².